The first kappa shape index (κ1) is 28.8. The number of rotatable bonds is 10. The zero-order chi connectivity index (χ0) is 27.2. The molecule has 2 aromatic carbocycles. The molecule has 1 unspecified atom stereocenters. The van der Waals surface area contributed by atoms with Crippen LogP contribution in [-0.2, 0) is 26.2 Å². The minimum atomic E-state index is -3.85. The lowest BCUT2D eigenvalue weighted by molar-refractivity contribution is -0.139. The third kappa shape index (κ3) is 7.85. The molecule has 0 bridgehead atoms. The van der Waals surface area contributed by atoms with Crippen molar-refractivity contribution in [1.29, 1.82) is 0 Å². The van der Waals surface area contributed by atoms with Gasteiger partial charge >= 0.3 is 0 Å². The largest absolute Gasteiger partial charge is 0.495 e. The van der Waals surface area contributed by atoms with Gasteiger partial charge in [0.05, 0.1) is 24.1 Å². The Morgan fingerprint density at radius 3 is 2.43 bits per heavy atom. The summed E-state index contributed by atoms with van der Waals surface area (Å²) < 4.78 is 31.6. The van der Waals surface area contributed by atoms with E-state index in [4.69, 9.17) is 16.3 Å². The summed E-state index contributed by atoms with van der Waals surface area (Å²) >= 11 is 6.23. The van der Waals surface area contributed by atoms with Crippen molar-refractivity contribution >= 4 is 39.1 Å². The highest BCUT2D eigenvalue weighted by molar-refractivity contribution is 7.92. The molecule has 37 heavy (non-hydrogen) atoms. The van der Waals surface area contributed by atoms with E-state index in [1.807, 2.05) is 31.2 Å². The first-order valence-electron chi connectivity index (χ1n) is 12.5. The van der Waals surface area contributed by atoms with Crippen LogP contribution in [0.2, 0.25) is 5.02 Å². The fourth-order valence-corrected chi connectivity index (χ4v) is 5.68. The Bertz CT molecular complexity index is 1210. The van der Waals surface area contributed by atoms with Crippen LogP contribution >= 0.6 is 11.6 Å². The van der Waals surface area contributed by atoms with Gasteiger partial charge < -0.3 is 15.0 Å². The van der Waals surface area contributed by atoms with Gasteiger partial charge in [-0.25, -0.2) is 8.42 Å². The van der Waals surface area contributed by atoms with Gasteiger partial charge in [-0.2, -0.15) is 0 Å². The number of sulfonamides is 1. The van der Waals surface area contributed by atoms with E-state index >= 15 is 0 Å². The maximum absolute atomic E-state index is 13.7. The van der Waals surface area contributed by atoms with Crippen molar-refractivity contribution in [3.8, 4) is 5.75 Å². The molecule has 8 nitrogen and oxygen atoms in total. The summed E-state index contributed by atoms with van der Waals surface area (Å²) in [7, 11) is -2.39. The van der Waals surface area contributed by atoms with Crippen LogP contribution in [0.4, 0.5) is 5.69 Å². The molecule has 1 aliphatic rings. The van der Waals surface area contributed by atoms with Gasteiger partial charge in [-0.05, 0) is 50.5 Å². The zero-order valence-electron chi connectivity index (χ0n) is 21.9. The van der Waals surface area contributed by atoms with E-state index in [1.54, 1.807) is 13.0 Å². The molecule has 202 valence electrons. The predicted molar refractivity (Wildman–Crippen MR) is 146 cm³/mol. The zero-order valence-corrected chi connectivity index (χ0v) is 23.4. The summed E-state index contributed by atoms with van der Waals surface area (Å²) in [5.41, 5.74) is 2.11. The number of methoxy groups -OCH3 is 1. The van der Waals surface area contributed by atoms with Crippen LogP contribution in [0.1, 0.15) is 50.2 Å². The van der Waals surface area contributed by atoms with Gasteiger partial charge in [-0.15, -0.1) is 0 Å². The molecule has 3 rings (SSSR count). The topological polar surface area (TPSA) is 96.0 Å². The molecule has 1 atom stereocenters. The van der Waals surface area contributed by atoms with Crippen molar-refractivity contribution in [3.63, 3.8) is 0 Å². The van der Waals surface area contributed by atoms with Gasteiger partial charge in [-0.3, -0.25) is 13.9 Å². The SMILES string of the molecule is COc1ccc(N(CC(=O)N(Cc2cccc(C)c2)C(C)C(=O)NC2CCCCC2)S(C)(=O)=O)cc1Cl. The van der Waals surface area contributed by atoms with E-state index in [1.165, 1.54) is 24.1 Å². The monoisotopic (exact) mass is 549 g/mol. The molecular weight excluding hydrogens is 514 g/mol. The molecule has 2 aromatic rings. The first-order valence-corrected chi connectivity index (χ1v) is 14.7. The smallest absolute Gasteiger partial charge is 0.244 e. The molecule has 2 amide bonds. The molecule has 0 saturated heterocycles. The molecule has 1 saturated carbocycles. The minimum Gasteiger partial charge on any atom is -0.495 e. The number of benzene rings is 2. The quantitative estimate of drug-likeness (QED) is 0.477. The maximum atomic E-state index is 13.7. The van der Waals surface area contributed by atoms with Crippen molar-refractivity contribution in [2.45, 2.75) is 64.6 Å². The summed E-state index contributed by atoms with van der Waals surface area (Å²) in [6, 6.07) is 11.5. The second-order valence-corrected chi connectivity index (χ2v) is 11.9. The van der Waals surface area contributed by atoms with Gasteiger partial charge in [0.15, 0.2) is 0 Å². The minimum absolute atomic E-state index is 0.0913. The molecule has 1 N–H and O–H groups in total. The summed E-state index contributed by atoms with van der Waals surface area (Å²) in [6.07, 6.45) is 6.17. The van der Waals surface area contributed by atoms with E-state index in [0.29, 0.717) is 5.75 Å². The summed E-state index contributed by atoms with van der Waals surface area (Å²) in [6.45, 7) is 3.32. The number of hydrogen-bond acceptors (Lipinski definition) is 5. The van der Waals surface area contributed by atoms with Crippen LogP contribution in [0.15, 0.2) is 42.5 Å². The molecule has 0 spiro atoms. The number of amides is 2. The molecule has 0 radical (unpaired) electrons. The van der Waals surface area contributed by atoms with Crippen LogP contribution in [0.25, 0.3) is 0 Å². The second kappa shape index (κ2) is 12.6. The van der Waals surface area contributed by atoms with E-state index < -0.39 is 28.5 Å². The average molecular weight is 550 g/mol. The predicted octanol–water partition coefficient (Wildman–Crippen LogP) is 4.29. The fourth-order valence-electron chi connectivity index (χ4n) is 4.58. The Balaban J connectivity index is 1.89. The van der Waals surface area contributed by atoms with Gasteiger partial charge in [-0.1, -0.05) is 60.7 Å². The molecule has 0 heterocycles. The highest BCUT2D eigenvalue weighted by atomic mass is 35.5. The number of aryl methyl sites for hydroxylation is 1. The Kier molecular flexibility index (Phi) is 9.84. The average Bonchev–Trinajstić information content (AvgIpc) is 2.85. The highest BCUT2D eigenvalue weighted by Gasteiger charge is 2.31. The Morgan fingerprint density at radius 1 is 1.14 bits per heavy atom. The summed E-state index contributed by atoms with van der Waals surface area (Å²) in [4.78, 5) is 28.3. The maximum Gasteiger partial charge on any atom is 0.244 e. The lowest BCUT2D eigenvalue weighted by atomic mass is 9.95. The van der Waals surface area contributed by atoms with Gasteiger partial charge in [0.25, 0.3) is 0 Å². The van der Waals surface area contributed by atoms with Crippen LogP contribution in [0.3, 0.4) is 0 Å². The van der Waals surface area contributed by atoms with Gasteiger partial charge in [0.2, 0.25) is 21.8 Å². The molecule has 1 aliphatic carbocycles. The van der Waals surface area contributed by atoms with Crippen molar-refractivity contribution in [3.05, 3.63) is 58.6 Å². The Hall–Kier alpha value is -2.78. The van der Waals surface area contributed by atoms with E-state index in [2.05, 4.69) is 5.32 Å². The first-order chi connectivity index (χ1) is 17.5. The number of anilines is 1. The van der Waals surface area contributed by atoms with Gasteiger partial charge in [0.1, 0.15) is 18.3 Å². The number of carbonyl (C=O) groups excluding carboxylic acids is 2. The highest BCUT2D eigenvalue weighted by Crippen LogP contribution is 2.30. The van der Waals surface area contributed by atoms with Crippen molar-refractivity contribution in [1.82, 2.24) is 10.2 Å². The molecule has 0 aromatic heterocycles. The number of hydrogen-bond donors (Lipinski definition) is 1. The number of halogens is 1. The van der Waals surface area contributed by atoms with Gasteiger partial charge in [0, 0.05) is 12.6 Å². The number of nitrogens with zero attached hydrogens (tertiary/aromatic N) is 2. The standard InChI is InChI=1S/C27H36ClN3O5S/c1-19-9-8-10-21(15-19)17-30(20(2)27(33)29-22-11-6-5-7-12-22)26(32)18-31(37(4,34)35)23-13-14-25(36-3)24(28)16-23/h8-10,13-16,20,22H,5-7,11-12,17-18H2,1-4H3,(H,29,33). The van der Waals surface area contributed by atoms with Crippen molar-refractivity contribution in [2.24, 2.45) is 0 Å². The third-order valence-corrected chi connectivity index (χ3v) is 8.09. The van der Waals surface area contributed by atoms with E-state index in [0.717, 1.165) is 53.8 Å². The Morgan fingerprint density at radius 2 is 1.84 bits per heavy atom. The van der Waals surface area contributed by atoms with Crippen LogP contribution < -0.4 is 14.4 Å². The van der Waals surface area contributed by atoms with Crippen molar-refractivity contribution < 1.29 is 22.7 Å². The molecule has 1 fully saturated rings. The summed E-state index contributed by atoms with van der Waals surface area (Å²) in [5.74, 6) is -0.351. The number of ether oxygens (including phenoxy) is 1. The normalized spacial score (nSPS) is 15.1. The van der Waals surface area contributed by atoms with E-state index in [-0.39, 0.29) is 29.2 Å². The van der Waals surface area contributed by atoms with Crippen LogP contribution in [-0.4, -0.2) is 57.1 Å². The molecule has 0 aliphatic heterocycles. The lowest BCUT2D eigenvalue weighted by Crippen LogP contribution is -2.53. The van der Waals surface area contributed by atoms with Crippen LogP contribution in [0, 0.1) is 6.92 Å². The lowest BCUT2D eigenvalue weighted by Gasteiger charge is -2.33. The third-order valence-electron chi connectivity index (χ3n) is 6.66. The van der Waals surface area contributed by atoms with Crippen LogP contribution in [0.5, 0.6) is 5.75 Å². The van der Waals surface area contributed by atoms with E-state index in [9.17, 15) is 18.0 Å². The molecule has 10 heteroatoms. The summed E-state index contributed by atoms with van der Waals surface area (Å²) in [5, 5.41) is 3.31. The number of carbonyl (C=O) groups is 2. The number of nitrogens with one attached hydrogen (secondary N) is 1. The van der Waals surface area contributed by atoms with Crippen molar-refractivity contribution in [2.75, 3.05) is 24.2 Å². The second-order valence-electron chi connectivity index (χ2n) is 9.62. The fraction of sp³-hybridized carbons (Fsp3) is 0.481. The Labute approximate surface area is 225 Å². The molecular formula is C27H36ClN3O5S.